The molecule has 0 aliphatic heterocycles. The highest BCUT2D eigenvalue weighted by atomic mass is 16.4. The molecule has 0 aliphatic carbocycles. The topological polar surface area (TPSA) is 68.0 Å². The molecule has 2 aromatic rings. The Morgan fingerprint density at radius 3 is 2.56 bits per heavy atom. The number of hydrogen-bond donors (Lipinski definition) is 1. The summed E-state index contributed by atoms with van der Waals surface area (Å²) in [7, 11) is 0. The molecule has 0 bridgehead atoms. The predicted molar refractivity (Wildman–Crippen MR) is 57.0 cm³/mol. The van der Waals surface area contributed by atoms with Crippen molar-refractivity contribution in [3.8, 4) is 0 Å². The first kappa shape index (κ1) is 10.4. The molecule has 0 spiro atoms. The number of carbonyl (C=O) groups is 1. The molecule has 1 unspecified atom stereocenters. The highest BCUT2D eigenvalue weighted by Gasteiger charge is 2.23. The van der Waals surface area contributed by atoms with Crippen molar-refractivity contribution in [3.05, 3.63) is 48.0 Å². The van der Waals surface area contributed by atoms with Gasteiger partial charge in [-0.3, -0.25) is 0 Å². The summed E-state index contributed by atoms with van der Waals surface area (Å²) in [6, 6.07) is 8.16. The minimum absolute atomic E-state index is 0.580. The minimum Gasteiger partial charge on any atom is -0.479 e. The maximum absolute atomic E-state index is 11.3. The molecule has 5 nitrogen and oxygen atoms in total. The van der Waals surface area contributed by atoms with E-state index in [1.807, 2.05) is 6.07 Å². The Morgan fingerprint density at radius 2 is 2.06 bits per heavy atom. The van der Waals surface area contributed by atoms with Gasteiger partial charge in [0.15, 0.2) is 6.04 Å². The van der Waals surface area contributed by atoms with Crippen LogP contribution < -0.4 is 0 Å². The average molecular weight is 217 g/mol. The monoisotopic (exact) mass is 217 g/mol. The van der Waals surface area contributed by atoms with Crippen LogP contribution in [-0.4, -0.2) is 25.8 Å². The van der Waals surface area contributed by atoms with E-state index in [1.165, 1.54) is 11.0 Å². The molecule has 2 rings (SSSR count). The van der Waals surface area contributed by atoms with Crippen LogP contribution in [0.2, 0.25) is 0 Å². The van der Waals surface area contributed by atoms with Gasteiger partial charge in [0.05, 0.1) is 0 Å². The largest absolute Gasteiger partial charge is 0.479 e. The lowest BCUT2D eigenvalue weighted by Crippen LogP contribution is -2.22. The van der Waals surface area contributed by atoms with Gasteiger partial charge in [-0.25, -0.2) is 14.5 Å². The predicted octanol–water partition coefficient (Wildman–Crippen LogP) is 1.26. The zero-order valence-corrected chi connectivity index (χ0v) is 8.74. The lowest BCUT2D eigenvalue weighted by molar-refractivity contribution is -0.139. The Kier molecular flexibility index (Phi) is 2.68. The molecule has 1 heterocycles. The molecular weight excluding hydrogens is 206 g/mol. The van der Waals surface area contributed by atoms with Gasteiger partial charge < -0.3 is 5.11 Å². The van der Waals surface area contributed by atoms with E-state index in [2.05, 4.69) is 10.1 Å². The van der Waals surface area contributed by atoms with Gasteiger partial charge in [-0.05, 0) is 12.5 Å². The van der Waals surface area contributed by atoms with Crippen LogP contribution in [0.3, 0.4) is 0 Å². The van der Waals surface area contributed by atoms with E-state index in [0.29, 0.717) is 11.4 Å². The maximum atomic E-state index is 11.3. The number of nitrogens with zero attached hydrogens (tertiary/aromatic N) is 3. The van der Waals surface area contributed by atoms with Crippen molar-refractivity contribution in [1.29, 1.82) is 0 Å². The van der Waals surface area contributed by atoms with Crippen molar-refractivity contribution in [2.75, 3.05) is 0 Å². The Bertz CT molecular complexity index is 493. The zero-order valence-electron chi connectivity index (χ0n) is 8.74. The second-order valence-corrected chi connectivity index (χ2v) is 3.40. The fourth-order valence-electron chi connectivity index (χ4n) is 1.58. The summed E-state index contributed by atoms with van der Waals surface area (Å²) in [5, 5.41) is 13.2. The number of benzene rings is 1. The fourth-order valence-corrected chi connectivity index (χ4v) is 1.58. The van der Waals surface area contributed by atoms with Crippen molar-refractivity contribution in [2.24, 2.45) is 0 Å². The summed E-state index contributed by atoms with van der Waals surface area (Å²) < 4.78 is 1.40. The summed E-state index contributed by atoms with van der Waals surface area (Å²) in [4.78, 5) is 15.2. The summed E-state index contributed by atoms with van der Waals surface area (Å²) >= 11 is 0. The first-order valence-electron chi connectivity index (χ1n) is 4.84. The van der Waals surface area contributed by atoms with Crippen molar-refractivity contribution in [3.63, 3.8) is 0 Å². The van der Waals surface area contributed by atoms with Gasteiger partial charge in [0.25, 0.3) is 0 Å². The third-order valence-corrected chi connectivity index (χ3v) is 2.35. The number of carboxylic acids is 1. The van der Waals surface area contributed by atoms with Crippen LogP contribution in [0.1, 0.15) is 17.4 Å². The molecule has 82 valence electrons. The Morgan fingerprint density at radius 1 is 1.38 bits per heavy atom. The normalized spacial score (nSPS) is 12.3. The maximum Gasteiger partial charge on any atom is 0.333 e. The van der Waals surface area contributed by atoms with E-state index in [9.17, 15) is 9.90 Å². The molecule has 0 saturated heterocycles. The van der Waals surface area contributed by atoms with Gasteiger partial charge in [-0.1, -0.05) is 30.3 Å². The molecule has 1 atom stereocenters. The number of carboxylic acid groups (broad SMARTS) is 1. The van der Waals surface area contributed by atoms with E-state index in [-0.39, 0.29) is 0 Å². The smallest absolute Gasteiger partial charge is 0.333 e. The van der Waals surface area contributed by atoms with Crippen LogP contribution >= 0.6 is 0 Å². The summed E-state index contributed by atoms with van der Waals surface area (Å²) in [5.74, 6) is -0.365. The van der Waals surface area contributed by atoms with E-state index in [4.69, 9.17) is 0 Å². The first-order valence-corrected chi connectivity index (χ1v) is 4.84. The molecule has 0 fully saturated rings. The molecule has 0 aliphatic rings. The lowest BCUT2D eigenvalue weighted by Gasteiger charge is -2.13. The molecular formula is C11H11N3O2. The van der Waals surface area contributed by atoms with Crippen LogP contribution in [0.25, 0.3) is 0 Å². The number of rotatable bonds is 3. The highest BCUT2D eigenvalue weighted by Crippen LogP contribution is 2.18. The van der Waals surface area contributed by atoms with Crippen LogP contribution in [0.15, 0.2) is 36.7 Å². The molecule has 1 aromatic heterocycles. The molecule has 0 radical (unpaired) electrons. The van der Waals surface area contributed by atoms with Gasteiger partial charge >= 0.3 is 5.97 Å². The van der Waals surface area contributed by atoms with E-state index >= 15 is 0 Å². The summed E-state index contributed by atoms with van der Waals surface area (Å²) in [6.07, 6.45) is 1.36. The van der Waals surface area contributed by atoms with Gasteiger partial charge in [-0.15, -0.1) is 0 Å². The highest BCUT2D eigenvalue weighted by molar-refractivity contribution is 5.75. The zero-order chi connectivity index (χ0) is 11.5. The number of hydrogen-bond acceptors (Lipinski definition) is 3. The van der Waals surface area contributed by atoms with E-state index < -0.39 is 12.0 Å². The third kappa shape index (κ3) is 1.79. The minimum atomic E-state index is -0.945. The summed E-state index contributed by atoms with van der Waals surface area (Å²) in [5.41, 5.74) is 0.684. The Balaban J connectivity index is 2.48. The quantitative estimate of drug-likeness (QED) is 0.840. The van der Waals surface area contributed by atoms with Crippen LogP contribution in [0, 0.1) is 6.92 Å². The Hall–Kier alpha value is -2.17. The van der Waals surface area contributed by atoms with E-state index in [0.717, 1.165) is 0 Å². The van der Waals surface area contributed by atoms with Crippen LogP contribution in [0.4, 0.5) is 0 Å². The summed E-state index contributed by atoms with van der Waals surface area (Å²) in [6.45, 7) is 1.73. The van der Waals surface area contributed by atoms with Crippen LogP contribution in [0.5, 0.6) is 0 Å². The molecule has 1 N–H and O–H groups in total. The lowest BCUT2D eigenvalue weighted by atomic mass is 10.1. The SMILES string of the molecule is Cc1ncnn1C(C(=O)O)c1ccccc1. The molecule has 1 aromatic carbocycles. The number of aromatic nitrogens is 3. The number of aliphatic carboxylic acids is 1. The Labute approximate surface area is 92.4 Å². The number of aryl methyl sites for hydroxylation is 1. The fraction of sp³-hybridized carbons (Fsp3) is 0.182. The van der Waals surface area contributed by atoms with Crippen LogP contribution in [-0.2, 0) is 4.79 Å². The molecule has 16 heavy (non-hydrogen) atoms. The molecule has 5 heteroatoms. The second-order valence-electron chi connectivity index (χ2n) is 3.40. The molecule has 0 amide bonds. The first-order chi connectivity index (χ1) is 7.70. The van der Waals surface area contributed by atoms with Gasteiger partial charge in [-0.2, -0.15) is 5.10 Å². The van der Waals surface area contributed by atoms with E-state index in [1.54, 1.807) is 31.2 Å². The van der Waals surface area contributed by atoms with Crippen molar-refractivity contribution in [2.45, 2.75) is 13.0 Å². The van der Waals surface area contributed by atoms with Gasteiger partial charge in [0.1, 0.15) is 12.2 Å². The third-order valence-electron chi connectivity index (χ3n) is 2.35. The average Bonchev–Trinajstić information content (AvgIpc) is 2.66. The van der Waals surface area contributed by atoms with Crippen molar-refractivity contribution in [1.82, 2.24) is 14.8 Å². The van der Waals surface area contributed by atoms with Gasteiger partial charge in [0, 0.05) is 0 Å². The standard InChI is InChI=1S/C11H11N3O2/c1-8-12-7-13-14(8)10(11(15)16)9-5-3-2-4-6-9/h2-7,10H,1H3,(H,15,16). The molecule has 0 saturated carbocycles. The van der Waals surface area contributed by atoms with Gasteiger partial charge in [0.2, 0.25) is 0 Å². The van der Waals surface area contributed by atoms with Crippen molar-refractivity contribution < 1.29 is 9.90 Å². The second kappa shape index (κ2) is 4.14. The van der Waals surface area contributed by atoms with Crippen molar-refractivity contribution >= 4 is 5.97 Å².